The van der Waals surface area contributed by atoms with E-state index >= 15 is 0 Å². The smallest absolute Gasteiger partial charge is 0.241 e. The second kappa shape index (κ2) is 5.61. The predicted molar refractivity (Wildman–Crippen MR) is 79.1 cm³/mol. The van der Waals surface area contributed by atoms with Gasteiger partial charge in [-0.25, -0.2) is 0 Å². The standard InChI is InChI=1S/C15H23N3O/c1-10-6-7-13(16)9-14(10)17-15(19)12(3)18-8-4-5-11(18)2/h6-7,9,11-12H,4-5,8,16H2,1-3H3,(H,17,19). The van der Waals surface area contributed by atoms with Crippen LogP contribution in [0, 0.1) is 6.92 Å². The maximum atomic E-state index is 12.3. The Balaban J connectivity index is 2.06. The third-order valence-electron chi connectivity index (χ3n) is 4.00. The van der Waals surface area contributed by atoms with Crippen molar-refractivity contribution in [3.63, 3.8) is 0 Å². The van der Waals surface area contributed by atoms with Crippen LogP contribution in [-0.2, 0) is 4.79 Å². The molecule has 1 heterocycles. The number of nitrogens with two attached hydrogens (primary N) is 1. The zero-order valence-electron chi connectivity index (χ0n) is 11.9. The van der Waals surface area contributed by atoms with Crippen LogP contribution in [0.2, 0.25) is 0 Å². The van der Waals surface area contributed by atoms with Gasteiger partial charge < -0.3 is 11.1 Å². The second-order valence-corrected chi connectivity index (χ2v) is 5.47. The highest BCUT2D eigenvalue weighted by atomic mass is 16.2. The highest BCUT2D eigenvalue weighted by molar-refractivity contribution is 5.95. The van der Waals surface area contributed by atoms with Gasteiger partial charge in [0.1, 0.15) is 0 Å². The number of likely N-dealkylation sites (tertiary alicyclic amines) is 1. The molecule has 104 valence electrons. The van der Waals surface area contributed by atoms with Crippen molar-refractivity contribution in [3.8, 4) is 0 Å². The maximum absolute atomic E-state index is 12.3. The Bertz CT molecular complexity index is 472. The van der Waals surface area contributed by atoms with Gasteiger partial charge in [0.25, 0.3) is 0 Å². The minimum absolute atomic E-state index is 0.0439. The van der Waals surface area contributed by atoms with Gasteiger partial charge in [-0.1, -0.05) is 6.07 Å². The van der Waals surface area contributed by atoms with E-state index in [2.05, 4.69) is 17.1 Å². The van der Waals surface area contributed by atoms with Gasteiger partial charge in [0.2, 0.25) is 5.91 Å². The molecule has 2 rings (SSSR count). The third-order valence-corrected chi connectivity index (χ3v) is 4.00. The van der Waals surface area contributed by atoms with Crippen molar-refractivity contribution in [3.05, 3.63) is 23.8 Å². The quantitative estimate of drug-likeness (QED) is 0.821. The molecule has 1 aromatic rings. The lowest BCUT2D eigenvalue weighted by Gasteiger charge is -2.27. The van der Waals surface area contributed by atoms with E-state index in [1.807, 2.05) is 32.0 Å². The number of nitrogen functional groups attached to an aromatic ring is 1. The molecule has 4 nitrogen and oxygen atoms in total. The molecule has 1 saturated heterocycles. The Morgan fingerprint density at radius 3 is 2.89 bits per heavy atom. The van der Waals surface area contributed by atoms with Crippen LogP contribution in [0.1, 0.15) is 32.3 Å². The molecule has 0 aromatic heterocycles. The Morgan fingerprint density at radius 1 is 1.53 bits per heavy atom. The molecule has 0 radical (unpaired) electrons. The molecule has 1 fully saturated rings. The number of amides is 1. The van der Waals surface area contributed by atoms with Crippen molar-refractivity contribution < 1.29 is 4.79 Å². The maximum Gasteiger partial charge on any atom is 0.241 e. The monoisotopic (exact) mass is 261 g/mol. The number of benzene rings is 1. The van der Waals surface area contributed by atoms with Crippen molar-refractivity contribution in [1.29, 1.82) is 0 Å². The van der Waals surface area contributed by atoms with Crippen LogP contribution in [0.15, 0.2) is 18.2 Å². The summed E-state index contributed by atoms with van der Waals surface area (Å²) in [4.78, 5) is 14.6. The first-order valence-electron chi connectivity index (χ1n) is 6.92. The molecule has 2 unspecified atom stereocenters. The molecule has 0 bridgehead atoms. The van der Waals surface area contributed by atoms with Crippen LogP contribution >= 0.6 is 0 Å². The summed E-state index contributed by atoms with van der Waals surface area (Å²) >= 11 is 0. The Morgan fingerprint density at radius 2 is 2.26 bits per heavy atom. The summed E-state index contributed by atoms with van der Waals surface area (Å²) in [6, 6.07) is 5.97. The van der Waals surface area contributed by atoms with Gasteiger partial charge in [-0.05, 0) is 57.9 Å². The average Bonchev–Trinajstić information content (AvgIpc) is 2.79. The largest absolute Gasteiger partial charge is 0.399 e. The van der Waals surface area contributed by atoms with E-state index in [1.165, 1.54) is 12.8 Å². The van der Waals surface area contributed by atoms with Crippen molar-refractivity contribution in [2.24, 2.45) is 0 Å². The van der Waals surface area contributed by atoms with E-state index in [4.69, 9.17) is 5.73 Å². The highest BCUT2D eigenvalue weighted by Crippen LogP contribution is 2.22. The van der Waals surface area contributed by atoms with E-state index in [1.54, 1.807) is 0 Å². The molecule has 0 saturated carbocycles. The zero-order valence-corrected chi connectivity index (χ0v) is 11.9. The second-order valence-electron chi connectivity index (χ2n) is 5.47. The van der Waals surface area contributed by atoms with Gasteiger partial charge >= 0.3 is 0 Å². The lowest BCUT2D eigenvalue weighted by molar-refractivity contribution is -0.121. The van der Waals surface area contributed by atoms with Gasteiger partial charge in [-0.15, -0.1) is 0 Å². The zero-order chi connectivity index (χ0) is 14.0. The van der Waals surface area contributed by atoms with Crippen LogP contribution < -0.4 is 11.1 Å². The van der Waals surface area contributed by atoms with Crippen molar-refractivity contribution in [2.45, 2.75) is 45.7 Å². The average molecular weight is 261 g/mol. The summed E-state index contributed by atoms with van der Waals surface area (Å²) in [5.41, 5.74) is 8.27. The van der Waals surface area contributed by atoms with Gasteiger partial charge in [-0.3, -0.25) is 9.69 Å². The van der Waals surface area contributed by atoms with Gasteiger partial charge in [0.05, 0.1) is 6.04 Å². The number of hydrogen-bond acceptors (Lipinski definition) is 3. The predicted octanol–water partition coefficient (Wildman–Crippen LogP) is 2.39. The first-order valence-corrected chi connectivity index (χ1v) is 6.92. The molecular weight excluding hydrogens is 238 g/mol. The van der Waals surface area contributed by atoms with E-state index in [0.717, 1.165) is 17.8 Å². The minimum Gasteiger partial charge on any atom is -0.399 e. The molecule has 0 aliphatic carbocycles. The van der Waals surface area contributed by atoms with Crippen LogP contribution in [-0.4, -0.2) is 29.4 Å². The summed E-state index contributed by atoms with van der Waals surface area (Å²) in [6.07, 6.45) is 2.35. The molecule has 1 aliphatic rings. The minimum atomic E-state index is -0.0988. The molecular formula is C15H23N3O. The van der Waals surface area contributed by atoms with E-state index in [9.17, 15) is 4.79 Å². The lowest BCUT2D eigenvalue weighted by Crippen LogP contribution is -2.43. The first-order chi connectivity index (χ1) is 8.99. The van der Waals surface area contributed by atoms with E-state index in [0.29, 0.717) is 11.7 Å². The van der Waals surface area contributed by atoms with Gasteiger partial charge in [0.15, 0.2) is 0 Å². The number of carbonyl (C=O) groups is 1. The van der Waals surface area contributed by atoms with Gasteiger partial charge in [-0.2, -0.15) is 0 Å². The Labute approximate surface area is 115 Å². The van der Waals surface area contributed by atoms with Crippen molar-refractivity contribution >= 4 is 17.3 Å². The SMILES string of the molecule is Cc1ccc(N)cc1NC(=O)C(C)N1CCCC1C. The fraction of sp³-hybridized carbons (Fsp3) is 0.533. The lowest BCUT2D eigenvalue weighted by atomic mass is 10.1. The molecule has 1 aliphatic heterocycles. The number of hydrogen-bond donors (Lipinski definition) is 2. The fourth-order valence-corrected chi connectivity index (χ4v) is 2.69. The molecule has 19 heavy (non-hydrogen) atoms. The first kappa shape index (κ1) is 13.9. The summed E-state index contributed by atoms with van der Waals surface area (Å²) < 4.78 is 0. The van der Waals surface area contributed by atoms with E-state index in [-0.39, 0.29) is 11.9 Å². The highest BCUT2D eigenvalue weighted by Gasteiger charge is 2.29. The summed E-state index contributed by atoms with van der Waals surface area (Å²) in [5.74, 6) is 0.0439. The number of anilines is 2. The molecule has 2 atom stereocenters. The summed E-state index contributed by atoms with van der Waals surface area (Å²) in [5, 5.41) is 2.99. The number of nitrogens with zero attached hydrogens (tertiary/aromatic N) is 1. The normalized spacial score (nSPS) is 21.3. The Hall–Kier alpha value is -1.55. The Kier molecular flexibility index (Phi) is 4.10. The molecule has 1 amide bonds. The molecule has 4 heteroatoms. The molecule has 0 spiro atoms. The van der Waals surface area contributed by atoms with Crippen molar-refractivity contribution in [2.75, 3.05) is 17.6 Å². The summed E-state index contributed by atoms with van der Waals surface area (Å²) in [6.45, 7) is 7.13. The number of rotatable bonds is 3. The number of nitrogens with one attached hydrogen (secondary N) is 1. The van der Waals surface area contributed by atoms with Crippen molar-refractivity contribution in [1.82, 2.24) is 4.90 Å². The molecule has 3 N–H and O–H groups in total. The number of aryl methyl sites for hydroxylation is 1. The van der Waals surface area contributed by atoms with Crippen LogP contribution in [0.5, 0.6) is 0 Å². The van der Waals surface area contributed by atoms with Crippen LogP contribution in [0.3, 0.4) is 0 Å². The fourth-order valence-electron chi connectivity index (χ4n) is 2.69. The summed E-state index contributed by atoms with van der Waals surface area (Å²) in [7, 11) is 0. The molecule has 1 aromatic carbocycles. The van der Waals surface area contributed by atoms with Crippen LogP contribution in [0.25, 0.3) is 0 Å². The topological polar surface area (TPSA) is 58.4 Å². The van der Waals surface area contributed by atoms with Crippen LogP contribution in [0.4, 0.5) is 11.4 Å². The number of carbonyl (C=O) groups excluding carboxylic acids is 1. The third kappa shape index (κ3) is 3.07. The van der Waals surface area contributed by atoms with E-state index < -0.39 is 0 Å². The van der Waals surface area contributed by atoms with Gasteiger partial charge in [0, 0.05) is 17.4 Å².